The highest BCUT2D eigenvalue weighted by molar-refractivity contribution is 6.28. The average Bonchev–Trinajstić information content (AvgIpc) is 2.50. The molecule has 6 heteroatoms. The molecule has 6 nitrogen and oxygen atoms in total. The van der Waals surface area contributed by atoms with Crippen molar-refractivity contribution in [2.24, 2.45) is 11.8 Å². The molecule has 1 aliphatic heterocycles. The van der Waals surface area contributed by atoms with Crippen LogP contribution in [0.1, 0.15) is 32.1 Å². The number of fused-ring (bicyclic) bond motifs is 1. The van der Waals surface area contributed by atoms with E-state index in [1.165, 1.54) is 12.8 Å². The Morgan fingerprint density at radius 2 is 1.88 bits per heavy atom. The standard InChI is InChI=1S/C11H17NO4.H2O/c13-10(14)11(15)16-9-8-5-3-1-2-4-7(8)6-12-9;/h7-9,12H,1-6H2,(H,13,14);1H2. The number of hydrogen-bond donors (Lipinski definition) is 2. The molecule has 3 atom stereocenters. The summed E-state index contributed by atoms with van der Waals surface area (Å²) in [4.78, 5) is 21.4. The van der Waals surface area contributed by atoms with Crippen molar-refractivity contribution in [1.82, 2.24) is 5.32 Å². The van der Waals surface area contributed by atoms with Gasteiger partial charge in [0.25, 0.3) is 0 Å². The maximum absolute atomic E-state index is 11.0. The summed E-state index contributed by atoms with van der Waals surface area (Å²) in [5.74, 6) is -1.83. The minimum Gasteiger partial charge on any atom is -0.473 e. The molecule has 1 heterocycles. The van der Waals surface area contributed by atoms with Crippen molar-refractivity contribution in [3.63, 3.8) is 0 Å². The number of carbonyl (C=O) groups is 2. The van der Waals surface area contributed by atoms with E-state index in [9.17, 15) is 9.59 Å². The number of carbonyl (C=O) groups excluding carboxylic acids is 1. The maximum Gasteiger partial charge on any atom is 0.418 e. The average molecular weight is 245 g/mol. The summed E-state index contributed by atoms with van der Waals surface area (Å²) in [5.41, 5.74) is 0. The van der Waals surface area contributed by atoms with E-state index >= 15 is 0 Å². The van der Waals surface area contributed by atoms with Crippen molar-refractivity contribution in [3.8, 4) is 0 Å². The van der Waals surface area contributed by atoms with Crippen LogP contribution < -0.4 is 5.32 Å². The Morgan fingerprint density at radius 3 is 2.59 bits per heavy atom. The summed E-state index contributed by atoms with van der Waals surface area (Å²) in [6.45, 7) is 0.836. The molecular weight excluding hydrogens is 226 g/mol. The van der Waals surface area contributed by atoms with Crippen molar-refractivity contribution in [2.75, 3.05) is 6.54 Å². The van der Waals surface area contributed by atoms with Gasteiger partial charge in [-0.15, -0.1) is 0 Å². The summed E-state index contributed by atoms with van der Waals surface area (Å²) in [5, 5.41) is 11.6. The van der Waals surface area contributed by atoms with Gasteiger partial charge >= 0.3 is 11.9 Å². The Bertz CT molecular complexity index is 294. The Kier molecular flexibility index (Phi) is 4.89. The molecule has 3 unspecified atom stereocenters. The number of ether oxygens (including phenoxy) is 1. The van der Waals surface area contributed by atoms with Gasteiger partial charge in [-0.05, 0) is 18.8 Å². The quantitative estimate of drug-likeness (QED) is 0.496. The monoisotopic (exact) mass is 245 g/mol. The van der Waals surface area contributed by atoms with Gasteiger partial charge in [-0.1, -0.05) is 19.3 Å². The third kappa shape index (κ3) is 3.17. The Labute approximate surface area is 99.6 Å². The molecule has 2 rings (SSSR count). The van der Waals surface area contributed by atoms with E-state index < -0.39 is 18.2 Å². The molecule has 1 saturated carbocycles. The number of carboxylic acids is 1. The van der Waals surface area contributed by atoms with Gasteiger partial charge in [0.15, 0.2) is 6.23 Å². The Balaban J connectivity index is 0.00000144. The van der Waals surface area contributed by atoms with Crippen LogP contribution in [0.5, 0.6) is 0 Å². The van der Waals surface area contributed by atoms with Crippen LogP contribution in [0.15, 0.2) is 0 Å². The highest BCUT2D eigenvalue weighted by atomic mass is 16.6. The third-order valence-electron chi connectivity index (χ3n) is 3.60. The fourth-order valence-electron chi connectivity index (χ4n) is 2.78. The number of esters is 1. The molecule has 0 radical (unpaired) electrons. The van der Waals surface area contributed by atoms with Crippen LogP contribution in [-0.2, 0) is 14.3 Å². The molecule has 0 aromatic rings. The van der Waals surface area contributed by atoms with E-state index in [0.29, 0.717) is 11.8 Å². The van der Waals surface area contributed by atoms with Crippen LogP contribution in [0.2, 0.25) is 0 Å². The molecule has 4 N–H and O–H groups in total. The lowest BCUT2D eigenvalue weighted by molar-refractivity contribution is -0.169. The van der Waals surface area contributed by atoms with Gasteiger partial charge < -0.3 is 15.3 Å². The summed E-state index contributed by atoms with van der Waals surface area (Å²) >= 11 is 0. The number of carboxylic acid groups (broad SMARTS) is 1. The lowest BCUT2D eigenvalue weighted by atomic mass is 9.90. The van der Waals surface area contributed by atoms with Crippen LogP contribution in [-0.4, -0.2) is 35.3 Å². The zero-order chi connectivity index (χ0) is 11.5. The van der Waals surface area contributed by atoms with Crippen molar-refractivity contribution < 1.29 is 24.9 Å². The number of aliphatic carboxylic acids is 1. The Morgan fingerprint density at radius 1 is 1.18 bits per heavy atom. The SMILES string of the molecule is O.O=C(O)C(=O)OC1NCC2CCCCCC21. The molecule has 2 aliphatic rings. The molecule has 98 valence electrons. The normalized spacial score (nSPS) is 31.9. The maximum atomic E-state index is 11.0. The molecule has 2 fully saturated rings. The first-order chi connectivity index (χ1) is 7.68. The Hall–Kier alpha value is -1.14. The van der Waals surface area contributed by atoms with Gasteiger partial charge in [0.1, 0.15) is 0 Å². The second kappa shape index (κ2) is 5.97. The van der Waals surface area contributed by atoms with Gasteiger partial charge in [-0.2, -0.15) is 0 Å². The molecular formula is C11H19NO5. The molecule has 0 aromatic carbocycles. The smallest absolute Gasteiger partial charge is 0.418 e. The van der Waals surface area contributed by atoms with Crippen LogP contribution in [0.3, 0.4) is 0 Å². The van der Waals surface area contributed by atoms with Gasteiger partial charge in [0.05, 0.1) is 0 Å². The van der Waals surface area contributed by atoms with Crippen molar-refractivity contribution in [1.29, 1.82) is 0 Å². The predicted octanol–water partition coefficient (Wildman–Crippen LogP) is -0.0847. The fraction of sp³-hybridized carbons (Fsp3) is 0.818. The first kappa shape index (κ1) is 13.9. The van der Waals surface area contributed by atoms with Gasteiger partial charge in [-0.25, -0.2) is 9.59 Å². The van der Waals surface area contributed by atoms with Gasteiger partial charge in [-0.3, -0.25) is 5.32 Å². The van der Waals surface area contributed by atoms with E-state index in [1.54, 1.807) is 0 Å². The van der Waals surface area contributed by atoms with Crippen LogP contribution in [0, 0.1) is 11.8 Å². The molecule has 0 aromatic heterocycles. The highest BCUT2D eigenvalue weighted by Gasteiger charge is 2.39. The minimum absolute atomic E-state index is 0. The molecule has 0 bridgehead atoms. The van der Waals surface area contributed by atoms with Crippen molar-refractivity contribution in [3.05, 3.63) is 0 Å². The largest absolute Gasteiger partial charge is 0.473 e. The summed E-state index contributed by atoms with van der Waals surface area (Å²) in [6, 6.07) is 0. The summed E-state index contributed by atoms with van der Waals surface area (Å²) < 4.78 is 4.95. The lowest BCUT2D eigenvalue weighted by Gasteiger charge is -2.20. The minimum atomic E-state index is -1.51. The first-order valence-electron chi connectivity index (χ1n) is 5.86. The molecule has 0 spiro atoms. The highest BCUT2D eigenvalue weighted by Crippen LogP contribution is 2.35. The number of nitrogens with one attached hydrogen (secondary N) is 1. The second-order valence-corrected chi connectivity index (χ2v) is 4.60. The summed E-state index contributed by atoms with van der Waals surface area (Å²) in [6.07, 6.45) is 5.37. The lowest BCUT2D eigenvalue weighted by Crippen LogP contribution is -2.35. The topological polar surface area (TPSA) is 107 Å². The van der Waals surface area contributed by atoms with E-state index in [2.05, 4.69) is 5.32 Å². The predicted molar refractivity (Wildman–Crippen MR) is 59.2 cm³/mol. The molecule has 0 amide bonds. The van der Waals surface area contributed by atoms with Crippen LogP contribution in [0.4, 0.5) is 0 Å². The number of rotatable bonds is 1. The van der Waals surface area contributed by atoms with E-state index in [1.807, 2.05) is 0 Å². The van der Waals surface area contributed by atoms with Crippen molar-refractivity contribution >= 4 is 11.9 Å². The molecule has 1 saturated heterocycles. The molecule has 1 aliphatic carbocycles. The van der Waals surface area contributed by atoms with E-state index in [-0.39, 0.29) is 5.48 Å². The summed E-state index contributed by atoms with van der Waals surface area (Å²) in [7, 11) is 0. The fourth-order valence-corrected chi connectivity index (χ4v) is 2.78. The van der Waals surface area contributed by atoms with E-state index in [0.717, 1.165) is 25.8 Å². The van der Waals surface area contributed by atoms with Crippen LogP contribution >= 0.6 is 0 Å². The van der Waals surface area contributed by atoms with Crippen molar-refractivity contribution in [2.45, 2.75) is 38.3 Å². The zero-order valence-corrected chi connectivity index (χ0v) is 9.65. The first-order valence-corrected chi connectivity index (χ1v) is 5.86. The van der Waals surface area contributed by atoms with E-state index in [4.69, 9.17) is 9.84 Å². The molecule has 17 heavy (non-hydrogen) atoms. The zero-order valence-electron chi connectivity index (χ0n) is 9.65. The third-order valence-corrected chi connectivity index (χ3v) is 3.60. The van der Waals surface area contributed by atoms with Crippen LogP contribution in [0.25, 0.3) is 0 Å². The van der Waals surface area contributed by atoms with Gasteiger partial charge in [0.2, 0.25) is 0 Å². The second-order valence-electron chi connectivity index (χ2n) is 4.60. The van der Waals surface area contributed by atoms with Gasteiger partial charge in [0, 0.05) is 12.5 Å². The number of hydrogen-bond acceptors (Lipinski definition) is 4.